The molecule has 4 aliphatic heterocycles. The highest BCUT2D eigenvalue weighted by Crippen LogP contribution is 2.38. The number of alkyl halides is 3. The van der Waals surface area contributed by atoms with Gasteiger partial charge in [0.25, 0.3) is 5.91 Å². The Morgan fingerprint density at radius 3 is 2.39 bits per heavy atom. The Balaban J connectivity index is 0.960. The van der Waals surface area contributed by atoms with E-state index in [0.29, 0.717) is 69.9 Å². The van der Waals surface area contributed by atoms with Crippen LogP contribution in [0.1, 0.15) is 46.3 Å². The van der Waals surface area contributed by atoms with E-state index >= 15 is 0 Å². The zero-order chi connectivity index (χ0) is 43.1. The average molecular weight is 871 g/mol. The molecule has 328 valence electrons. The van der Waals surface area contributed by atoms with E-state index in [9.17, 15) is 32.3 Å². The third-order valence-corrected chi connectivity index (χ3v) is 11.9. The number of urea groups is 1. The number of piperidine rings is 1. The molecule has 4 aliphatic rings. The van der Waals surface area contributed by atoms with Crippen LogP contribution >= 0.6 is 11.6 Å². The number of esters is 1. The first kappa shape index (κ1) is 43.7. The number of anilines is 3. The molecule has 0 saturated carbocycles. The van der Waals surface area contributed by atoms with Crippen molar-refractivity contribution < 1.29 is 46.6 Å². The number of morpholine rings is 1. The molecule has 5 heterocycles. The van der Waals surface area contributed by atoms with Gasteiger partial charge in [0.2, 0.25) is 0 Å². The Morgan fingerprint density at radius 1 is 0.951 bits per heavy atom. The van der Waals surface area contributed by atoms with Crippen molar-refractivity contribution in [2.75, 3.05) is 101 Å². The zero-order valence-electron chi connectivity index (χ0n) is 33.7. The number of hydrogen-bond acceptors (Lipinski definition) is 11. The number of piperazine rings is 1. The summed E-state index contributed by atoms with van der Waals surface area (Å²) < 4.78 is 58.4. The van der Waals surface area contributed by atoms with Gasteiger partial charge in [0, 0.05) is 89.8 Å². The fourth-order valence-corrected chi connectivity index (χ4v) is 8.37. The summed E-state index contributed by atoms with van der Waals surface area (Å²) in [5.74, 6) is -0.465. The molecule has 15 nitrogen and oxygen atoms in total. The zero-order valence-corrected chi connectivity index (χ0v) is 34.5. The number of nitrogens with two attached hydrogens (primary N) is 1. The molecule has 0 aliphatic carbocycles. The van der Waals surface area contributed by atoms with E-state index in [-0.39, 0.29) is 61.9 Å². The number of carbonyl (C=O) groups excluding carboxylic acids is 4. The van der Waals surface area contributed by atoms with Gasteiger partial charge in [-0.3, -0.25) is 9.69 Å². The summed E-state index contributed by atoms with van der Waals surface area (Å²) in [7, 11) is 0. The maximum atomic E-state index is 14.1. The molecule has 0 unspecified atom stereocenters. The molecule has 3 fully saturated rings. The Morgan fingerprint density at radius 2 is 1.69 bits per heavy atom. The quantitative estimate of drug-likeness (QED) is 0.149. The van der Waals surface area contributed by atoms with E-state index in [1.54, 1.807) is 17.0 Å². The van der Waals surface area contributed by atoms with Crippen LogP contribution in [0.4, 0.5) is 40.0 Å². The summed E-state index contributed by atoms with van der Waals surface area (Å²) in [5, 5.41) is 2.64. The van der Waals surface area contributed by atoms with Crippen LogP contribution < -0.4 is 16.0 Å². The summed E-state index contributed by atoms with van der Waals surface area (Å²) in [6, 6.07) is 12.7. The molecule has 1 atom stereocenters. The number of fused-ring (bicyclic) bond motifs is 1. The molecule has 1 aromatic heterocycles. The van der Waals surface area contributed by atoms with Crippen molar-refractivity contribution in [3.63, 3.8) is 0 Å². The summed E-state index contributed by atoms with van der Waals surface area (Å²) in [6.45, 7) is 6.31. The first-order valence-corrected chi connectivity index (χ1v) is 20.9. The minimum atomic E-state index is -4.82. The molecule has 0 bridgehead atoms. The van der Waals surface area contributed by atoms with Crippen molar-refractivity contribution in [2.45, 2.75) is 50.4 Å². The normalized spacial score (nSPS) is 18.5. The summed E-state index contributed by atoms with van der Waals surface area (Å²) in [4.78, 5) is 67.0. The second kappa shape index (κ2) is 19.6. The number of nitrogens with one attached hydrogen (secondary N) is 1. The van der Waals surface area contributed by atoms with E-state index in [4.69, 9.17) is 31.5 Å². The lowest BCUT2D eigenvalue weighted by Crippen LogP contribution is -2.54. The molecule has 19 heteroatoms. The van der Waals surface area contributed by atoms with E-state index in [2.05, 4.69) is 15.2 Å². The molecule has 7 rings (SSSR count). The standard InChI is InChI=1S/C42H50ClF3N8O7/c43-33-25-28(24-32(37(33)47)42(44,45)46)26-35(61-41(58)53-12-9-31(10-13-53)54-14-8-29-4-1-2-5-34(29)49-40(54)57)38(55)52-17-15-51(16-18-52)36-7-6-30(27-48-36)39(56)60-21-3-11-50-19-22-59-23-20-50/h1-2,4-7,24-25,27,31,35H,3,8-23,26,47H2,(H,49,57)/t35-/m1/s1. The number of aromatic nitrogens is 1. The number of pyridine rings is 1. The second-order valence-electron chi connectivity index (χ2n) is 15.5. The van der Waals surface area contributed by atoms with Gasteiger partial charge < -0.3 is 44.9 Å². The fourth-order valence-electron chi connectivity index (χ4n) is 8.13. The highest BCUT2D eigenvalue weighted by molar-refractivity contribution is 6.33. The minimum absolute atomic E-state index is 0.0168. The van der Waals surface area contributed by atoms with Crippen LogP contribution in [0.15, 0.2) is 54.7 Å². The largest absolute Gasteiger partial charge is 0.462 e. The van der Waals surface area contributed by atoms with Gasteiger partial charge in [0.15, 0.2) is 6.10 Å². The smallest absolute Gasteiger partial charge is 0.418 e. The average Bonchev–Trinajstić information content (AvgIpc) is 3.43. The van der Waals surface area contributed by atoms with Gasteiger partial charge >= 0.3 is 24.3 Å². The molecule has 61 heavy (non-hydrogen) atoms. The maximum Gasteiger partial charge on any atom is 0.418 e. The number of ether oxygens (including phenoxy) is 3. The third kappa shape index (κ3) is 11.0. The summed E-state index contributed by atoms with van der Waals surface area (Å²) in [6.07, 6.45) is -3.71. The molecule has 3 saturated heterocycles. The SMILES string of the molecule is Nc1c(Cl)cc(C[C@@H](OC(=O)N2CCC(N3CCc4ccccc4NC3=O)CC2)C(=O)N2CCN(c3ccc(C(=O)OCCCN4CCOCC4)cn3)CC2)cc1C(F)(F)F. The van der Waals surface area contributed by atoms with Crippen molar-refractivity contribution in [1.29, 1.82) is 0 Å². The number of carbonyl (C=O) groups is 4. The lowest BCUT2D eigenvalue weighted by Gasteiger charge is -2.39. The van der Waals surface area contributed by atoms with Crippen molar-refractivity contribution >= 4 is 52.8 Å². The number of nitrogen functional groups attached to an aromatic ring is 1. The Hall–Kier alpha value is -5.33. The van der Waals surface area contributed by atoms with Gasteiger partial charge in [-0.05, 0) is 67.1 Å². The molecule has 3 N–H and O–H groups in total. The van der Waals surface area contributed by atoms with Gasteiger partial charge in [-0.25, -0.2) is 19.4 Å². The molecular formula is C42H50ClF3N8O7. The number of likely N-dealkylation sites (tertiary alicyclic amines) is 1. The number of nitrogens with zero attached hydrogens (tertiary/aromatic N) is 6. The van der Waals surface area contributed by atoms with E-state index in [1.165, 1.54) is 22.1 Å². The van der Waals surface area contributed by atoms with Crippen LogP contribution in [0.25, 0.3) is 0 Å². The topological polar surface area (TPSA) is 163 Å². The van der Waals surface area contributed by atoms with Crippen LogP contribution in [-0.2, 0) is 38.0 Å². The fraction of sp³-hybridized carbons (Fsp3) is 0.500. The number of hydrogen-bond donors (Lipinski definition) is 2. The van der Waals surface area contributed by atoms with Gasteiger partial charge in [-0.2, -0.15) is 13.2 Å². The van der Waals surface area contributed by atoms with E-state index in [1.807, 2.05) is 29.2 Å². The highest BCUT2D eigenvalue weighted by Gasteiger charge is 2.38. The van der Waals surface area contributed by atoms with Crippen molar-refractivity contribution in [2.24, 2.45) is 0 Å². The van der Waals surface area contributed by atoms with E-state index in [0.717, 1.165) is 37.0 Å². The third-order valence-electron chi connectivity index (χ3n) is 11.6. The minimum Gasteiger partial charge on any atom is -0.462 e. The lowest BCUT2D eigenvalue weighted by molar-refractivity contribution is -0.141. The summed E-state index contributed by atoms with van der Waals surface area (Å²) >= 11 is 6.13. The van der Waals surface area contributed by atoms with Crippen LogP contribution in [0, 0.1) is 0 Å². The number of para-hydroxylation sites is 1. The first-order valence-electron chi connectivity index (χ1n) is 20.6. The second-order valence-corrected chi connectivity index (χ2v) is 15.9. The van der Waals surface area contributed by atoms with Crippen molar-refractivity contribution in [3.8, 4) is 0 Å². The number of benzene rings is 2. The Bertz CT molecular complexity index is 2040. The highest BCUT2D eigenvalue weighted by atomic mass is 35.5. The number of rotatable bonds is 11. The Labute approximate surface area is 356 Å². The maximum absolute atomic E-state index is 14.1. The number of amides is 4. The van der Waals surface area contributed by atoms with Crippen molar-refractivity contribution in [3.05, 3.63) is 82.0 Å². The predicted molar refractivity (Wildman–Crippen MR) is 220 cm³/mol. The molecule has 0 radical (unpaired) electrons. The van der Waals surface area contributed by atoms with Crippen LogP contribution in [0.3, 0.4) is 0 Å². The predicted octanol–water partition coefficient (Wildman–Crippen LogP) is 5.17. The number of halogens is 4. The van der Waals surface area contributed by atoms with Gasteiger partial charge in [0.05, 0.1) is 41.7 Å². The van der Waals surface area contributed by atoms with Gasteiger partial charge in [-0.15, -0.1) is 0 Å². The van der Waals surface area contributed by atoms with Crippen LogP contribution in [0.2, 0.25) is 5.02 Å². The van der Waals surface area contributed by atoms with E-state index < -0.39 is 41.5 Å². The molecule has 0 spiro atoms. The van der Waals surface area contributed by atoms with Gasteiger partial charge in [0.1, 0.15) is 5.82 Å². The Kier molecular flexibility index (Phi) is 14.0. The molecule has 3 aromatic rings. The monoisotopic (exact) mass is 870 g/mol. The first-order chi connectivity index (χ1) is 29.3. The van der Waals surface area contributed by atoms with Crippen LogP contribution in [-0.4, -0.2) is 146 Å². The van der Waals surface area contributed by atoms with Crippen LogP contribution in [0.5, 0.6) is 0 Å². The molecule has 2 aromatic carbocycles. The lowest BCUT2D eigenvalue weighted by atomic mass is 10.0. The van der Waals surface area contributed by atoms with Gasteiger partial charge in [-0.1, -0.05) is 29.8 Å². The van der Waals surface area contributed by atoms with Crippen molar-refractivity contribution in [1.82, 2.24) is 24.6 Å². The summed E-state index contributed by atoms with van der Waals surface area (Å²) in [5.41, 5.74) is 6.02. The molecule has 4 amide bonds. The molecular weight excluding hydrogens is 821 g/mol.